The van der Waals surface area contributed by atoms with Crippen LogP contribution in [0.1, 0.15) is 31.2 Å². The Morgan fingerprint density at radius 3 is 2.32 bits per heavy atom. The predicted octanol–water partition coefficient (Wildman–Crippen LogP) is 2.45. The quantitative estimate of drug-likeness (QED) is 0.858. The number of carbonyl (C=O) groups is 1. The van der Waals surface area contributed by atoms with Crippen LogP contribution in [0.5, 0.6) is 5.75 Å². The minimum Gasteiger partial charge on any atom is -0.496 e. The topological polar surface area (TPSA) is 58.8 Å². The summed E-state index contributed by atoms with van der Waals surface area (Å²) in [5, 5.41) is 0. The van der Waals surface area contributed by atoms with E-state index in [4.69, 9.17) is 10.5 Å². The van der Waals surface area contributed by atoms with Gasteiger partial charge in [0.1, 0.15) is 5.75 Å². The van der Waals surface area contributed by atoms with Crippen molar-refractivity contribution < 1.29 is 9.53 Å². The molecular weight excluding hydrogens is 361 g/mol. The standard InChI is InChI=1S/C18H27N3O2.2ClH/c1-23-16-7-3-2-6-15(16)14-20-10-12-21(13-11-20)17(22)18(19)8-4-5-9-18;;/h2-3,6-7H,4-5,8-14,19H2,1H3;2*1H. The molecule has 0 bridgehead atoms. The van der Waals surface area contributed by atoms with Crippen molar-refractivity contribution in [2.75, 3.05) is 33.3 Å². The van der Waals surface area contributed by atoms with Crippen LogP contribution in [-0.2, 0) is 11.3 Å². The van der Waals surface area contributed by atoms with E-state index in [1.165, 1.54) is 5.56 Å². The molecule has 7 heteroatoms. The van der Waals surface area contributed by atoms with Gasteiger partial charge in [0.2, 0.25) is 5.91 Å². The van der Waals surface area contributed by atoms with Gasteiger partial charge in [0.05, 0.1) is 12.6 Å². The third kappa shape index (κ3) is 5.00. The minimum absolute atomic E-state index is 0. The number of hydrogen-bond acceptors (Lipinski definition) is 4. The highest BCUT2D eigenvalue weighted by atomic mass is 35.5. The Kier molecular flexibility index (Phi) is 8.48. The van der Waals surface area contributed by atoms with Gasteiger partial charge in [0, 0.05) is 38.3 Å². The molecule has 5 nitrogen and oxygen atoms in total. The molecule has 2 fully saturated rings. The molecule has 25 heavy (non-hydrogen) atoms. The number of halogens is 2. The number of piperazine rings is 1. The summed E-state index contributed by atoms with van der Waals surface area (Å²) in [6.45, 7) is 4.18. The number of carbonyl (C=O) groups excluding carboxylic acids is 1. The fourth-order valence-electron chi connectivity index (χ4n) is 3.72. The van der Waals surface area contributed by atoms with Crippen molar-refractivity contribution in [1.29, 1.82) is 0 Å². The normalized spacial score (nSPS) is 19.7. The summed E-state index contributed by atoms with van der Waals surface area (Å²) in [5.74, 6) is 1.09. The number of nitrogens with zero attached hydrogens (tertiary/aromatic N) is 2. The highest BCUT2D eigenvalue weighted by Crippen LogP contribution is 2.29. The Balaban J connectivity index is 0.00000156. The predicted molar refractivity (Wildman–Crippen MR) is 105 cm³/mol. The number of methoxy groups -OCH3 is 1. The van der Waals surface area contributed by atoms with Gasteiger partial charge in [-0.1, -0.05) is 31.0 Å². The largest absolute Gasteiger partial charge is 0.496 e. The average Bonchev–Trinajstić information content (AvgIpc) is 3.03. The van der Waals surface area contributed by atoms with Crippen LogP contribution >= 0.6 is 24.8 Å². The molecule has 1 aromatic carbocycles. The molecule has 0 radical (unpaired) electrons. The molecule has 2 N–H and O–H groups in total. The van der Waals surface area contributed by atoms with Gasteiger partial charge in [-0.15, -0.1) is 24.8 Å². The smallest absolute Gasteiger partial charge is 0.242 e. The zero-order chi connectivity index (χ0) is 16.3. The SMILES string of the molecule is COc1ccccc1CN1CCN(C(=O)C2(N)CCCC2)CC1.Cl.Cl. The summed E-state index contributed by atoms with van der Waals surface area (Å²) in [7, 11) is 1.71. The Morgan fingerprint density at radius 1 is 1.12 bits per heavy atom. The molecular formula is C18H29Cl2N3O2. The van der Waals surface area contributed by atoms with Crippen molar-refractivity contribution in [2.24, 2.45) is 5.73 Å². The first-order chi connectivity index (χ1) is 11.1. The molecule has 0 atom stereocenters. The first-order valence-corrected chi connectivity index (χ1v) is 8.55. The van der Waals surface area contributed by atoms with Gasteiger partial charge < -0.3 is 15.4 Å². The Hall–Kier alpha value is -1.01. The van der Waals surface area contributed by atoms with E-state index in [0.717, 1.165) is 64.2 Å². The maximum absolute atomic E-state index is 12.6. The second kappa shape index (κ2) is 9.62. The van der Waals surface area contributed by atoms with Crippen LogP contribution in [0.25, 0.3) is 0 Å². The molecule has 2 aliphatic rings. The Labute approximate surface area is 162 Å². The van der Waals surface area contributed by atoms with Gasteiger partial charge in [0.15, 0.2) is 0 Å². The molecule has 1 heterocycles. The number of nitrogens with two attached hydrogens (primary N) is 1. The van der Waals surface area contributed by atoms with Gasteiger partial charge >= 0.3 is 0 Å². The summed E-state index contributed by atoms with van der Waals surface area (Å²) in [6, 6.07) is 8.12. The van der Waals surface area contributed by atoms with E-state index < -0.39 is 5.54 Å². The summed E-state index contributed by atoms with van der Waals surface area (Å²) in [6.07, 6.45) is 3.84. The van der Waals surface area contributed by atoms with Crippen molar-refractivity contribution in [1.82, 2.24) is 9.80 Å². The molecule has 1 saturated heterocycles. The molecule has 1 saturated carbocycles. The number of ether oxygens (including phenoxy) is 1. The van der Waals surface area contributed by atoms with Crippen molar-refractivity contribution in [3.05, 3.63) is 29.8 Å². The number of para-hydroxylation sites is 1. The van der Waals surface area contributed by atoms with E-state index in [1.54, 1.807) is 7.11 Å². The van der Waals surface area contributed by atoms with E-state index in [2.05, 4.69) is 11.0 Å². The maximum Gasteiger partial charge on any atom is 0.242 e. The van der Waals surface area contributed by atoms with Crippen LogP contribution in [0.4, 0.5) is 0 Å². The molecule has 0 aromatic heterocycles. The molecule has 1 aliphatic carbocycles. The van der Waals surface area contributed by atoms with Gasteiger partial charge in [-0.3, -0.25) is 9.69 Å². The average molecular weight is 390 g/mol. The molecule has 3 rings (SSSR count). The van der Waals surface area contributed by atoms with Crippen molar-refractivity contribution in [3.63, 3.8) is 0 Å². The third-order valence-corrected chi connectivity index (χ3v) is 5.17. The molecule has 1 aromatic rings. The fraction of sp³-hybridized carbons (Fsp3) is 0.611. The molecule has 0 unspecified atom stereocenters. The zero-order valence-corrected chi connectivity index (χ0v) is 16.4. The monoisotopic (exact) mass is 389 g/mol. The van der Waals surface area contributed by atoms with E-state index in [0.29, 0.717) is 0 Å². The second-order valence-corrected chi connectivity index (χ2v) is 6.74. The number of hydrogen-bond donors (Lipinski definition) is 1. The third-order valence-electron chi connectivity index (χ3n) is 5.17. The van der Waals surface area contributed by atoms with Crippen molar-refractivity contribution in [3.8, 4) is 5.75 Å². The lowest BCUT2D eigenvalue weighted by Gasteiger charge is -2.38. The summed E-state index contributed by atoms with van der Waals surface area (Å²) in [4.78, 5) is 17.0. The van der Waals surface area contributed by atoms with Crippen LogP contribution in [0.3, 0.4) is 0 Å². The Bertz CT molecular complexity index is 557. The van der Waals surface area contributed by atoms with Crippen LogP contribution in [-0.4, -0.2) is 54.5 Å². The van der Waals surface area contributed by atoms with E-state index in [-0.39, 0.29) is 30.7 Å². The van der Waals surface area contributed by atoms with Gasteiger partial charge in [0.25, 0.3) is 0 Å². The number of rotatable bonds is 4. The minimum atomic E-state index is -0.592. The first kappa shape index (κ1) is 22.0. The summed E-state index contributed by atoms with van der Waals surface area (Å²) >= 11 is 0. The first-order valence-electron chi connectivity index (χ1n) is 8.55. The van der Waals surface area contributed by atoms with Crippen LogP contribution in [0.2, 0.25) is 0 Å². The summed E-state index contributed by atoms with van der Waals surface area (Å²) < 4.78 is 5.42. The van der Waals surface area contributed by atoms with E-state index >= 15 is 0 Å². The highest BCUT2D eigenvalue weighted by molar-refractivity contribution is 5.86. The van der Waals surface area contributed by atoms with E-state index in [9.17, 15) is 4.79 Å². The highest BCUT2D eigenvalue weighted by Gasteiger charge is 2.40. The number of benzene rings is 1. The lowest BCUT2D eigenvalue weighted by Crippen LogP contribution is -2.58. The van der Waals surface area contributed by atoms with Gasteiger partial charge in [-0.25, -0.2) is 0 Å². The van der Waals surface area contributed by atoms with Crippen LogP contribution in [0.15, 0.2) is 24.3 Å². The molecule has 1 amide bonds. The zero-order valence-electron chi connectivity index (χ0n) is 14.8. The second-order valence-electron chi connectivity index (χ2n) is 6.74. The van der Waals surface area contributed by atoms with Crippen molar-refractivity contribution in [2.45, 2.75) is 37.8 Å². The lowest BCUT2D eigenvalue weighted by molar-refractivity contribution is -0.138. The Morgan fingerprint density at radius 2 is 1.72 bits per heavy atom. The summed E-state index contributed by atoms with van der Waals surface area (Å²) in [5.41, 5.74) is 6.91. The van der Waals surface area contributed by atoms with Crippen LogP contribution in [0, 0.1) is 0 Å². The van der Waals surface area contributed by atoms with E-state index in [1.807, 2.05) is 23.1 Å². The fourth-order valence-corrected chi connectivity index (χ4v) is 3.72. The van der Waals surface area contributed by atoms with Gasteiger partial charge in [-0.2, -0.15) is 0 Å². The van der Waals surface area contributed by atoms with Gasteiger partial charge in [-0.05, 0) is 18.9 Å². The molecule has 142 valence electrons. The molecule has 0 spiro atoms. The van der Waals surface area contributed by atoms with Crippen molar-refractivity contribution >= 4 is 30.7 Å². The number of amides is 1. The maximum atomic E-state index is 12.6. The molecule has 1 aliphatic heterocycles. The lowest BCUT2D eigenvalue weighted by atomic mass is 9.97. The van der Waals surface area contributed by atoms with Crippen LogP contribution < -0.4 is 10.5 Å².